The summed E-state index contributed by atoms with van der Waals surface area (Å²) in [5.74, 6) is -1.40. The van der Waals surface area contributed by atoms with Crippen LogP contribution in [0, 0.1) is 46.7 Å². The first-order chi connectivity index (χ1) is 17.8. The third-order valence-electron chi connectivity index (χ3n) is 6.26. The van der Waals surface area contributed by atoms with Gasteiger partial charge in [0.25, 0.3) is 0 Å². The number of unbranched alkanes of at least 4 members (excludes halogenated alkanes) is 4. The number of rotatable bonds is 7. The van der Waals surface area contributed by atoms with E-state index in [1.807, 2.05) is 0 Å². The normalized spacial score (nSPS) is 11.0. The van der Waals surface area contributed by atoms with E-state index in [0.717, 1.165) is 44.2 Å². The molecule has 4 rings (SSSR count). The van der Waals surface area contributed by atoms with Crippen molar-refractivity contribution in [2.75, 3.05) is 0 Å². The van der Waals surface area contributed by atoms with E-state index in [-0.39, 0.29) is 27.5 Å². The maximum Gasteiger partial charge on any atom is 0.195 e. The summed E-state index contributed by atoms with van der Waals surface area (Å²) >= 11 is 0. The minimum atomic E-state index is -1.57. The molecule has 4 aromatic carbocycles. The second-order valence-electron chi connectivity index (χ2n) is 8.97. The summed E-state index contributed by atoms with van der Waals surface area (Å²) in [6, 6.07) is 11.4. The molecule has 0 N–H and O–H groups in total. The molecule has 0 heterocycles. The maximum absolute atomic E-state index is 14.9. The molecule has 0 unspecified atom stereocenters. The summed E-state index contributed by atoms with van der Waals surface area (Å²) in [4.78, 5) is 0. The van der Waals surface area contributed by atoms with Crippen LogP contribution in [0.3, 0.4) is 0 Å². The Balaban J connectivity index is 1.54. The minimum Gasteiger partial charge on any atom is -0.206 e. The Hall–Kier alpha value is -3.72. The Morgan fingerprint density at radius 1 is 0.622 bits per heavy atom. The van der Waals surface area contributed by atoms with Crippen LogP contribution in [0.5, 0.6) is 0 Å². The van der Waals surface area contributed by atoms with Crippen LogP contribution < -0.4 is 0 Å². The lowest BCUT2D eigenvalue weighted by molar-refractivity contribution is 0.453. The van der Waals surface area contributed by atoms with Gasteiger partial charge in [0.1, 0.15) is 17.5 Å². The third-order valence-corrected chi connectivity index (χ3v) is 6.26. The van der Waals surface area contributed by atoms with Crippen LogP contribution >= 0.6 is 0 Å². The lowest BCUT2D eigenvalue weighted by Crippen LogP contribution is -1.96. The molecule has 0 radical (unpaired) electrons. The van der Waals surface area contributed by atoms with Crippen molar-refractivity contribution in [3.05, 3.63) is 106 Å². The highest BCUT2D eigenvalue weighted by Gasteiger charge is 2.15. The number of benzene rings is 4. The van der Waals surface area contributed by atoms with Crippen molar-refractivity contribution in [2.45, 2.75) is 45.4 Å². The second-order valence-corrected chi connectivity index (χ2v) is 8.97. The van der Waals surface area contributed by atoms with Gasteiger partial charge in [0.2, 0.25) is 0 Å². The first-order valence-electron chi connectivity index (χ1n) is 12.2. The SMILES string of the molecule is CCCCCCCc1cc(F)c(C#Cc2ccc(-c3ccc4c(F)c(F)c(F)cc4c3)c(F)c2)c(F)c1. The Labute approximate surface area is 212 Å². The molecule has 0 atom stereocenters. The molecular formula is C31H24F6. The average Bonchev–Trinajstić information content (AvgIpc) is 2.86. The third kappa shape index (κ3) is 5.99. The molecule has 0 fully saturated rings. The van der Waals surface area contributed by atoms with E-state index in [1.165, 1.54) is 42.5 Å². The van der Waals surface area contributed by atoms with Crippen molar-refractivity contribution in [1.29, 1.82) is 0 Å². The second kappa shape index (κ2) is 11.6. The first-order valence-corrected chi connectivity index (χ1v) is 12.2. The van der Waals surface area contributed by atoms with Gasteiger partial charge in [-0.3, -0.25) is 0 Å². The molecule has 0 aliphatic heterocycles. The van der Waals surface area contributed by atoms with Gasteiger partial charge in [0.05, 0.1) is 5.56 Å². The zero-order valence-corrected chi connectivity index (χ0v) is 20.2. The average molecular weight is 511 g/mol. The van der Waals surface area contributed by atoms with Crippen molar-refractivity contribution >= 4 is 10.8 Å². The lowest BCUT2D eigenvalue weighted by atomic mass is 9.99. The van der Waals surface area contributed by atoms with E-state index in [0.29, 0.717) is 17.5 Å². The van der Waals surface area contributed by atoms with Gasteiger partial charge < -0.3 is 0 Å². The summed E-state index contributed by atoms with van der Waals surface area (Å²) in [7, 11) is 0. The number of hydrogen-bond acceptors (Lipinski definition) is 0. The molecule has 0 saturated carbocycles. The van der Waals surface area contributed by atoms with Gasteiger partial charge in [-0.1, -0.05) is 62.6 Å². The maximum atomic E-state index is 14.9. The van der Waals surface area contributed by atoms with Gasteiger partial charge in [-0.25, -0.2) is 26.3 Å². The van der Waals surface area contributed by atoms with Crippen LogP contribution in [0.25, 0.3) is 21.9 Å². The molecule has 0 aliphatic carbocycles. The van der Waals surface area contributed by atoms with Gasteiger partial charge in [-0.15, -0.1) is 0 Å². The Kier molecular flexibility index (Phi) is 8.23. The van der Waals surface area contributed by atoms with Crippen molar-refractivity contribution in [3.63, 3.8) is 0 Å². The lowest BCUT2D eigenvalue weighted by Gasteiger charge is -2.08. The fourth-order valence-corrected chi connectivity index (χ4v) is 4.26. The van der Waals surface area contributed by atoms with Crippen molar-refractivity contribution in [2.24, 2.45) is 0 Å². The van der Waals surface area contributed by atoms with Crippen LogP contribution in [0.15, 0.2) is 54.6 Å². The summed E-state index contributed by atoms with van der Waals surface area (Å²) in [6.07, 6.45) is 5.80. The molecule has 6 heteroatoms. The highest BCUT2D eigenvalue weighted by molar-refractivity contribution is 5.88. The first kappa shape index (κ1) is 26.3. The molecule has 0 saturated heterocycles. The summed E-state index contributed by atoms with van der Waals surface area (Å²) in [5, 5.41) is -0.0513. The fraction of sp³-hybridized carbons (Fsp3) is 0.226. The highest BCUT2D eigenvalue weighted by atomic mass is 19.2. The van der Waals surface area contributed by atoms with Crippen molar-refractivity contribution < 1.29 is 26.3 Å². The predicted molar refractivity (Wildman–Crippen MR) is 134 cm³/mol. The van der Waals surface area contributed by atoms with Gasteiger partial charge in [-0.05, 0) is 65.8 Å². The smallest absolute Gasteiger partial charge is 0.195 e. The van der Waals surface area contributed by atoms with E-state index >= 15 is 0 Å². The molecule has 0 aromatic heterocycles. The molecule has 4 aromatic rings. The van der Waals surface area contributed by atoms with Crippen molar-refractivity contribution in [1.82, 2.24) is 0 Å². The van der Waals surface area contributed by atoms with Crippen LogP contribution in [-0.2, 0) is 6.42 Å². The topological polar surface area (TPSA) is 0 Å². The number of hydrogen-bond donors (Lipinski definition) is 0. The van der Waals surface area contributed by atoms with Gasteiger partial charge in [0.15, 0.2) is 17.5 Å². The minimum absolute atomic E-state index is 0.0764. The summed E-state index contributed by atoms with van der Waals surface area (Å²) in [6.45, 7) is 2.12. The number of halogens is 6. The monoisotopic (exact) mass is 510 g/mol. The predicted octanol–water partition coefficient (Wildman–Crippen LogP) is 9.25. The van der Waals surface area contributed by atoms with Crippen LogP contribution in [-0.4, -0.2) is 0 Å². The molecule has 0 spiro atoms. The zero-order chi connectivity index (χ0) is 26.5. The van der Waals surface area contributed by atoms with Gasteiger partial charge in [-0.2, -0.15) is 0 Å². The summed E-state index contributed by atoms with van der Waals surface area (Å²) < 4.78 is 85.0. The molecule has 190 valence electrons. The molecule has 0 aliphatic rings. The number of aryl methyl sites for hydroxylation is 1. The number of fused-ring (bicyclic) bond motifs is 1. The molecule has 0 amide bonds. The highest BCUT2D eigenvalue weighted by Crippen LogP contribution is 2.30. The van der Waals surface area contributed by atoms with Gasteiger partial charge >= 0.3 is 0 Å². The Morgan fingerprint density at radius 3 is 2.05 bits per heavy atom. The van der Waals surface area contributed by atoms with E-state index in [1.54, 1.807) is 0 Å². The van der Waals surface area contributed by atoms with Gasteiger partial charge in [0, 0.05) is 16.5 Å². The Bertz CT molecular complexity index is 1490. The van der Waals surface area contributed by atoms with Crippen LogP contribution in [0.4, 0.5) is 26.3 Å². The molecule has 0 nitrogen and oxygen atoms in total. The standard InChI is InChI=1S/C31H24F6/c1-2-3-4-5-6-7-20-15-27(33)25(28(34)16-20)12-9-19-8-11-23(26(32)14-19)21-10-13-24-22(17-21)18-29(35)31(37)30(24)36/h8,10-11,13-18H,2-7H2,1H3. The molecular weight excluding hydrogens is 486 g/mol. The molecule has 0 bridgehead atoms. The van der Waals surface area contributed by atoms with E-state index in [4.69, 9.17) is 0 Å². The van der Waals surface area contributed by atoms with Crippen LogP contribution in [0.1, 0.15) is 55.7 Å². The van der Waals surface area contributed by atoms with E-state index in [9.17, 15) is 26.3 Å². The van der Waals surface area contributed by atoms with E-state index in [2.05, 4.69) is 18.8 Å². The fourth-order valence-electron chi connectivity index (χ4n) is 4.26. The van der Waals surface area contributed by atoms with Crippen molar-refractivity contribution in [3.8, 4) is 23.0 Å². The zero-order valence-electron chi connectivity index (χ0n) is 20.2. The largest absolute Gasteiger partial charge is 0.206 e. The quantitative estimate of drug-likeness (QED) is 0.101. The Morgan fingerprint density at radius 2 is 1.35 bits per heavy atom. The molecule has 37 heavy (non-hydrogen) atoms. The van der Waals surface area contributed by atoms with Crippen LogP contribution in [0.2, 0.25) is 0 Å². The van der Waals surface area contributed by atoms with E-state index < -0.39 is 34.9 Å². The summed E-state index contributed by atoms with van der Waals surface area (Å²) in [5.41, 5.74) is 0.825.